The highest BCUT2D eigenvalue weighted by Gasteiger charge is 2.48. The van der Waals surface area contributed by atoms with Crippen molar-refractivity contribution in [2.45, 2.75) is 51.2 Å². The third kappa shape index (κ3) is 4.29. The smallest absolute Gasteiger partial charge is 0.225 e. The molecule has 0 radical (unpaired) electrons. The third-order valence-corrected chi connectivity index (χ3v) is 6.21. The molecule has 0 aromatic heterocycles. The summed E-state index contributed by atoms with van der Waals surface area (Å²) >= 11 is 0. The van der Waals surface area contributed by atoms with E-state index in [1.54, 1.807) is 6.07 Å². The molecule has 7 heteroatoms. The highest BCUT2D eigenvalue weighted by atomic mass is 19.1. The number of aliphatic hydroxyl groups is 1. The minimum Gasteiger partial charge on any atom is -0.487 e. The van der Waals surface area contributed by atoms with Crippen LogP contribution in [0.5, 0.6) is 5.75 Å². The van der Waals surface area contributed by atoms with Crippen LogP contribution in [-0.4, -0.2) is 53.7 Å². The van der Waals surface area contributed by atoms with Crippen molar-refractivity contribution in [2.75, 3.05) is 19.7 Å². The molecule has 3 rings (SSSR count). The van der Waals surface area contributed by atoms with E-state index in [1.807, 2.05) is 24.8 Å². The quantitative estimate of drug-likeness (QED) is 0.696. The molecule has 1 unspecified atom stereocenters. The number of aryl methyl sites for hydroxylation is 1. The van der Waals surface area contributed by atoms with Gasteiger partial charge >= 0.3 is 0 Å². The van der Waals surface area contributed by atoms with Gasteiger partial charge in [0.25, 0.3) is 0 Å². The molecule has 154 valence electrons. The van der Waals surface area contributed by atoms with E-state index in [0.717, 1.165) is 18.4 Å². The highest BCUT2D eigenvalue weighted by molar-refractivity contribution is 5.80. The summed E-state index contributed by atoms with van der Waals surface area (Å²) in [5, 5.41) is 12.1. The van der Waals surface area contributed by atoms with Gasteiger partial charge in [-0.25, -0.2) is 4.39 Å². The molecule has 0 bridgehead atoms. The highest BCUT2D eigenvalue weighted by Crippen LogP contribution is 2.39. The molecule has 1 aromatic rings. The first-order valence-corrected chi connectivity index (χ1v) is 9.91. The van der Waals surface area contributed by atoms with Crippen LogP contribution in [-0.2, 0) is 9.59 Å². The number of aliphatic hydroxyl groups excluding tert-OH is 1. The van der Waals surface area contributed by atoms with Crippen LogP contribution in [0.1, 0.15) is 38.2 Å². The molecular weight excluding hydrogens is 363 g/mol. The van der Waals surface area contributed by atoms with Crippen molar-refractivity contribution in [1.29, 1.82) is 0 Å². The van der Waals surface area contributed by atoms with E-state index < -0.39 is 5.54 Å². The lowest BCUT2D eigenvalue weighted by Gasteiger charge is -2.47. The molecule has 2 N–H and O–H groups in total. The number of halogens is 1. The second kappa shape index (κ2) is 8.47. The first kappa shape index (κ1) is 20.6. The molecule has 1 saturated heterocycles. The van der Waals surface area contributed by atoms with Crippen LogP contribution in [0, 0.1) is 24.6 Å². The standard InChI is InChI=1S/C21H29FN2O4/c1-14-3-4-19(18(22)9-14)28-15(2)16-5-7-24(8-6-16)20(27)17-10-21(11-17,12-25)23-13-26/h3-4,9,13,15-17,25H,5-8,10-12H2,1-2H3,(H,23,26). The Labute approximate surface area is 165 Å². The second-order valence-electron chi connectivity index (χ2n) is 8.23. The lowest BCUT2D eigenvalue weighted by molar-refractivity contribution is -0.145. The van der Waals surface area contributed by atoms with Crippen LogP contribution >= 0.6 is 0 Å². The van der Waals surface area contributed by atoms with Crippen molar-refractivity contribution in [3.8, 4) is 5.75 Å². The van der Waals surface area contributed by atoms with Crippen LogP contribution < -0.4 is 10.1 Å². The number of benzene rings is 1. The number of hydrogen-bond acceptors (Lipinski definition) is 4. The first-order chi connectivity index (χ1) is 13.4. The molecular formula is C21H29FN2O4. The molecule has 2 aliphatic rings. The van der Waals surface area contributed by atoms with Crippen LogP contribution in [0.3, 0.4) is 0 Å². The van der Waals surface area contributed by atoms with Gasteiger partial charge in [0.05, 0.1) is 18.2 Å². The number of hydrogen-bond donors (Lipinski definition) is 2. The van der Waals surface area contributed by atoms with Crippen molar-refractivity contribution in [2.24, 2.45) is 11.8 Å². The third-order valence-electron chi connectivity index (χ3n) is 6.21. The first-order valence-electron chi connectivity index (χ1n) is 9.91. The van der Waals surface area contributed by atoms with Crippen LogP contribution in [0.2, 0.25) is 0 Å². The van der Waals surface area contributed by atoms with Gasteiger partial charge in [-0.2, -0.15) is 0 Å². The van der Waals surface area contributed by atoms with Gasteiger partial charge in [-0.1, -0.05) is 6.07 Å². The summed E-state index contributed by atoms with van der Waals surface area (Å²) in [7, 11) is 0. The van der Waals surface area contributed by atoms with Crippen molar-refractivity contribution >= 4 is 12.3 Å². The van der Waals surface area contributed by atoms with Crippen molar-refractivity contribution in [1.82, 2.24) is 10.2 Å². The summed E-state index contributed by atoms with van der Waals surface area (Å²) in [6, 6.07) is 4.96. The number of nitrogens with zero attached hydrogens (tertiary/aromatic N) is 1. The molecule has 1 aromatic carbocycles. The predicted molar refractivity (Wildman–Crippen MR) is 102 cm³/mol. The van der Waals surface area contributed by atoms with Gasteiger partial charge in [-0.3, -0.25) is 9.59 Å². The predicted octanol–water partition coefficient (Wildman–Crippen LogP) is 2.03. The lowest BCUT2D eigenvalue weighted by atomic mass is 9.68. The number of rotatable bonds is 7. The molecule has 1 saturated carbocycles. The monoisotopic (exact) mass is 392 g/mol. The minimum atomic E-state index is -0.638. The molecule has 0 spiro atoms. The average molecular weight is 392 g/mol. The Hall–Kier alpha value is -2.15. The fourth-order valence-electron chi connectivity index (χ4n) is 4.32. The lowest BCUT2D eigenvalue weighted by Crippen LogP contribution is -2.61. The Morgan fingerprint density at radius 1 is 1.43 bits per heavy atom. The van der Waals surface area contributed by atoms with Crippen LogP contribution in [0.25, 0.3) is 0 Å². The molecule has 2 fully saturated rings. The Morgan fingerprint density at radius 3 is 2.68 bits per heavy atom. The van der Waals surface area contributed by atoms with Crippen LogP contribution in [0.15, 0.2) is 18.2 Å². The molecule has 2 amide bonds. The number of likely N-dealkylation sites (tertiary alicyclic amines) is 1. The van der Waals surface area contributed by atoms with E-state index in [9.17, 15) is 19.1 Å². The number of carbonyl (C=O) groups is 2. The molecule has 1 aliphatic carbocycles. The zero-order chi connectivity index (χ0) is 20.3. The SMILES string of the molecule is Cc1ccc(OC(C)C2CCN(C(=O)C3CC(CO)(NC=O)C3)CC2)c(F)c1. The van der Waals surface area contributed by atoms with Gasteiger partial charge in [-0.15, -0.1) is 0 Å². The maximum Gasteiger partial charge on any atom is 0.225 e. The molecule has 1 aliphatic heterocycles. The van der Waals surface area contributed by atoms with E-state index in [2.05, 4.69) is 5.32 Å². The maximum absolute atomic E-state index is 14.0. The number of ether oxygens (including phenoxy) is 1. The number of amides is 2. The van der Waals surface area contributed by atoms with Gasteiger partial charge < -0.3 is 20.1 Å². The molecule has 6 nitrogen and oxygen atoms in total. The zero-order valence-corrected chi connectivity index (χ0v) is 16.5. The van der Waals surface area contributed by atoms with E-state index in [1.165, 1.54) is 6.07 Å². The van der Waals surface area contributed by atoms with Gasteiger partial charge in [0.15, 0.2) is 11.6 Å². The molecule has 1 atom stereocenters. The second-order valence-corrected chi connectivity index (χ2v) is 8.23. The van der Waals surface area contributed by atoms with Gasteiger partial charge in [0.1, 0.15) is 0 Å². The van der Waals surface area contributed by atoms with E-state index in [0.29, 0.717) is 32.3 Å². The Balaban J connectivity index is 1.47. The molecule has 28 heavy (non-hydrogen) atoms. The molecule has 1 heterocycles. The summed E-state index contributed by atoms with van der Waals surface area (Å²) in [5.74, 6) is 0.133. The largest absolute Gasteiger partial charge is 0.487 e. The van der Waals surface area contributed by atoms with Crippen LogP contribution in [0.4, 0.5) is 4.39 Å². The van der Waals surface area contributed by atoms with Crippen molar-refractivity contribution in [3.63, 3.8) is 0 Å². The fraction of sp³-hybridized carbons (Fsp3) is 0.619. The number of carbonyl (C=O) groups excluding carboxylic acids is 2. The number of piperidine rings is 1. The van der Waals surface area contributed by atoms with Crippen molar-refractivity contribution < 1.29 is 23.8 Å². The number of nitrogens with one attached hydrogen (secondary N) is 1. The van der Waals surface area contributed by atoms with E-state index >= 15 is 0 Å². The summed E-state index contributed by atoms with van der Waals surface area (Å²) in [5.41, 5.74) is 0.217. The summed E-state index contributed by atoms with van der Waals surface area (Å²) in [6.07, 6.45) is 3.04. The van der Waals surface area contributed by atoms with E-state index in [4.69, 9.17) is 4.74 Å². The Kier molecular flexibility index (Phi) is 6.23. The summed E-state index contributed by atoms with van der Waals surface area (Å²) < 4.78 is 19.8. The summed E-state index contributed by atoms with van der Waals surface area (Å²) in [6.45, 7) is 4.94. The van der Waals surface area contributed by atoms with Gasteiger partial charge in [0.2, 0.25) is 12.3 Å². The normalized spacial score (nSPS) is 26.3. The fourth-order valence-corrected chi connectivity index (χ4v) is 4.32. The van der Waals surface area contributed by atoms with Gasteiger partial charge in [-0.05, 0) is 63.1 Å². The Morgan fingerprint density at radius 2 is 2.11 bits per heavy atom. The van der Waals surface area contributed by atoms with E-state index in [-0.39, 0.29) is 42.0 Å². The minimum absolute atomic E-state index is 0.0911. The van der Waals surface area contributed by atoms with Crippen molar-refractivity contribution in [3.05, 3.63) is 29.6 Å². The zero-order valence-electron chi connectivity index (χ0n) is 16.5. The Bertz CT molecular complexity index is 712. The van der Waals surface area contributed by atoms with Gasteiger partial charge in [0, 0.05) is 19.0 Å². The topological polar surface area (TPSA) is 78.9 Å². The summed E-state index contributed by atoms with van der Waals surface area (Å²) in [4.78, 5) is 25.2. The maximum atomic E-state index is 14.0. The average Bonchev–Trinajstić information content (AvgIpc) is 2.66.